The molecule has 16 heavy (non-hydrogen) atoms. The Balaban J connectivity index is 2.60. The number of hydrogen-bond acceptors (Lipinski definition) is 2. The van der Waals surface area contributed by atoms with Crippen LogP contribution < -0.4 is 0 Å². The number of H-pyrrole nitrogens is 1. The number of rotatable bonds is 2. The fourth-order valence-electron chi connectivity index (χ4n) is 1.81. The minimum Gasteiger partial charge on any atom is -0.282 e. The average molecular weight is 236 g/mol. The van der Waals surface area contributed by atoms with E-state index in [0.29, 0.717) is 5.15 Å². The molecule has 2 aromatic rings. The zero-order valence-electron chi connectivity index (χ0n) is 9.63. The lowest BCUT2D eigenvalue weighted by molar-refractivity contribution is 1.02. The van der Waals surface area contributed by atoms with Crippen LogP contribution in [0.2, 0.25) is 5.15 Å². The molecule has 0 bridgehead atoms. The van der Waals surface area contributed by atoms with E-state index >= 15 is 0 Å². The predicted molar refractivity (Wildman–Crippen MR) is 65.7 cm³/mol. The van der Waals surface area contributed by atoms with E-state index in [0.717, 1.165) is 29.1 Å². The Morgan fingerprint density at radius 1 is 1.31 bits per heavy atom. The standard InChI is InChI=1S/C12H14ClN3/c1-4-9-5-10(14-11(13)6-9)12-7(2)15-16-8(12)3/h5-6H,4H2,1-3H3,(H,15,16). The minimum absolute atomic E-state index is 0.536. The summed E-state index contributed by atoms with van der Waals surface area (Å²) < 4.78 is 0. The molecule has 84 valence electrons. The van der Waals surface area contributed by atoms with Gasteiger partial charge in [0.1, 0.15) is 5.15 Å². The van der Waals surface area contributed by atoms with E-state index in [2.05, 4.69) is 28.2 Å². The summed E-state index contributed by atoms with van der Waals surface area (Å²) in [5.74, 6) is 0. The maximum atomic E-state index is 6.01. The number of halogens is 1. The van der Waals surface area contributed by atoms with Crippen LogP contribution in [-0.2, 0) is 6.42 Å². The van der Waals surface area contributed by atoms with Gasteiger partial charge in [-0.25, -0.2) is 4.98 Å². The molecule has 0 aromatic carbocycles. The van der Waals surface area contributed by atoms with Gasteiger partial charge in [0.2, 0.25) is 0 Å². The lowest BCUT2D eigenvalue weighted by Crippen LogP contribution is -1.91. The summed E-state index contributed by atoms with van der Waals surface area (Å²) in [5.41, 5.74) is 5.11. The average Bonchev–Trinajstić information content (AvgIpc) is 2.57. The highest BCUT2D eigenvalue weighted by Crippen LogP contribution is 2.26. The van der Waals surface area contributed by atoms with Gasteiger partial charge in [-0.2, -0.15) is 5.10 Å². The number of pyridine rings is 1. The normalized spacial score (nSPS) is 10.8. The first-order valence-corrected chi connectivity index (χ1v) is 5.68. The number of nitrogens with zero attached hydrogens (tertiary/aromatic N) is 2. The molecule has 3 nitrogen and oxygen atoms in total. The molecule has 2 rings (SSSR count). The van der Waals surface area contributed by atoms with Gasteiger partial charge in [0, 0.05) is 11.3 Å². The van der Waals surface area contributed by atoms with Gasteiger partial charge in [0.15, 0.2) is 0 Å². The number of aryl methyl sites for hydroxylation is 3. The summed E-state index contributed by atoms with van der Waals surface area (Å²) in [4.78, 5) is 4.35. The first-order chi connectivity index (χ1) is 7.61. The number of nitrogens with one attached hydrogen (secondary N) is 1. The van der Waals surface area contributed by atoms with E-state index in [4.69, 9.17) is 11.6 Å². The number of aromatic nitrogens is 3. The van der Waals surface area contributed by atoms with Crippen LogP contribution in [-0.4, -0.2) is 15.2 Å². The molecule has 1 N–H and O–H groups in total. The molecule has 0 fully saturated rings. The second-order valence-electron chi connectivity index (χ2n) is 3.85. The van der Waals surface area contributed by atoms with Crippen LogP contribution in [0.3, 0.4) is 0 Å². The second-order valence-corrected chi connectivity index (χ2v) is 4.23. The predicted octanol–water partition coefficient (Wildman–Crippen LogP) is 3.30. The monoisotopic (exact) mass is 235 g/mol. The zero-order chi connectivity index (χ0) is 11.7. The lowest BCUT2D eigenvalue weighted by atomic mass is 10.1. The molecule has 0 spiro atoms. The minimum atomic E-state index is 0.536. The quantitative estimate of drug-likeness (QED) is 0.812. The van der Waals surface area contributed by atoms with Gasteiger partial charge in [-0.3, -0.25) is 5.10 Å². The molecule has 0 saturated heterocycles. The van der Waals surface area contributed by atoms with Crippen molar-refractivity contribution in [3.63, 3.8) is 0 Å². The van der Waals surface area contributed by atoms with Crippen molar-refractivity contribution in [2.75, 3.05) is 0 Å². The topological polar surface area (TPSA) is 41.6 Å². The third-order valence-electron chi connectivity index (χ3n) is 2.65. The number of aromatic amines is 1. The largest absolute Gasteiger partial charge is 0.282 e. The maximum absolute atomic E-state index is 6.01. The molecule has 0 aliphatic rings. The molecule has 0 amide bonds. The van der Waals surface area contributed by atoms with Gasteiger partial charge in [-0.05, 0) is 38.0 Å². The Kier molecular flexibility index (Phi) is 2.97. The first kappa shape index (κ1) is 11.1. The molecule has 0 aliphatic heterocycles. The molecule has 0 atom stereocenters. The van der Waals surface area contributed by atoms with Crippen molar-refractivity contribution in [1.29, 1.82) is 0 Å². The third kappa shape index (κ3) is 1.95. The molecule has 0 radical (unpaired) electrons. The highest BCUT2D eigenvalue weighted by atomic mass is 35.5. The summed E-state index contributed by atoms with van der Waals surface area (Å²) in [6.45, 7) is 6.06. The van der Waals surface area contributed by atoms with Crippen LogP contribution in [0.15, 0.2) is 12.1 Å². The van der Waals surface area contributed by atoms with E-state index in [9.17, 15) is 0 Å². The van der Waals surface area contributed by atoms with E-state index in [1.54, 1.807) is 0 Å². The molecule has 0 saturated carbocycles. The summed E-state index contributed by atoms with van der Waals surface area (Å²) in [7, 11) is 0. The van der Waals surface area contributed by atoms with Crippen molar-refractivity contribution in [2.45, 2.75) is 27.2 Å². The van der Waals surface area contributed by atoms with Gasteiger partial charge in [-0.15, -0.1) is 0 Å². The van der Waals surface area contributed by atoms with Gasteiger partial charge in [0.25, 0.3) is 0 Å². The smallest absolute Gasteiger partial charge is 0.130 e. The molecule has 0 unspecified atom stereocenters. The van der Waals surface area contributed by atoms with Crippen LogP contribution in [0.5, 0.6) is 0 Å². The fourth-order valence-corrected chi connectivity index (χ4v) is 2.04. The van der Waals surface area contributed by atoms with Crippen molar-refractivity contribution >= 4 is 11.6 Å². The Hall–Kier alpha value is -1.35. The van der Waals surface area contributed by atoms with Crippen LogP contribution in [0.1, 0.15) is 23.9 Å². The Morgan fingerprint density at radius 2 is 2.06 bits per heavy atom. The van der Waals surface area contributed by atoms with Crippen molar-refractivity contribution in [3.8, 4) is 11.3 Å². The molecule has 4 heteroatoms. The van der Waals surface area contributed by atoms with Gasteiger partial charge >= 0.3 is 0 Å². The summed E-state index contributed by atoms with van der Waals surface area (Å²) in [6, 6.07) is 3.96. The summed E-state index contributed by atoms with van der Waals surface area (Å²) in [6.07, 6.45) is 0.950. The van der Waals surface area contributed by atoms with Crippen LogP contribution >= 0.6 is 11.6 Å². The second kappa shape index (κ2) is 4.26. The highest BCUT2D eigenvalue weighted by molar-refractivity contribution is 6.29. The van der Waals surface area contributed by atoms with Crippen LogP contribution in [0.25, 0.3) is 11.3 Å². The number of hydrogen-bond donors (Lipinski definition) is 1. The molecular weight excluding hydrogens is 222 g/mol. The van der Waals surface area contributed by atoms with Gasteiger partial charge in [0.05, 0.1) is 11.4 Å². The SMILES string of the molecule is CCc1cc(Cl)nc(-c2c(C)n[nH]c2C)c1. The summed E-state index contributed by atoms with van der Waals surface area (Å²) in [5, 5.41) is 7.67. The molecule has 0 aliphatic carbocycles. The van der Waals surface area contributed by atoms with E-state index < -0.39 is 0 Å². The van der Waals surface area contributed by atoms with Gasteiger partial charge < -0.3 is 0 Å². The Bertz CT molecular complexity index is 497. The lowest BCUT2D eigenvalue weighted by Gasteiger charge is -2.04. The van der Waals surface area contributed by atoms with Crippen LogP contribution in [0.4, 0.5) is 0 Å². The Morgan fingerprint density at radius 3 is 2.62 bits per heavy atom. The first-order valence-electron chi connectivity index (χ1n) is 5.30. The zero-order valence-corrected chi connectivity index (χ0v) is 10.4. The van der Waals surface area contributed by atoms with Crippen molar-refractivity contribution in [1.82, 2.24) is 15.2 Å². The Labute approximate surface area is 99.9 Å². The van der Waals surface area contributed by atoms with E-state index in [1.165, 1.54) is 5.56 Å². The fraction of sp³-hybridized carbons (Fsp3) is 0.333. The maximum Gasteiger partial charge on any atom is 0.130 e. The highest BCUT2D eigenvalue weighted by Gasteiger charge is 2.11. The molecule has 2 aromatic heterocycles. The van der Waals surface area contributed by atoms with Crippen molar-refractivity contribution in [2.24, 2.45) is 0 Å². The van der Waals surface area contributed by atoms with Gasteiger partial charge in [-0.1, -0.05) is 18.5 Å². The van der Waals surface area contributed by atoms with Crippen molar-refractivity contribution in [3.05, 3.63) is 34.2 Å². The molecular formula is C12H14ClN3. The van der Waals surface area contributed by atoms with Crippen molar-refractivity contribution < 1.29 is 0 Å². The van der Waals surface area contributed by atoms with Crippen LogP contribution in [0, 0.1) is 13.8 Å². The summed E-state index contributed by atoms with van der Waals surface area (Å²) >= 11 is 6.01. The van der Waals surface area contributed by atoms with E-state index in [-0.39, 0.29) is 0 Å². The molecule has 2 heterocycles. The third-order valence-corrected chi connectivity index (χ3v) is 2.84. The van der Waals surface area contributed by atoms with E-state index in [1.807, 2.05) is 19.9 Å².